The highest BCUT2D eigenvalue weighted by molar-refractivity contribution is 9.10. The summed E-state index contributed by atoms with van der Waals surface area (Å²) >= 11 is 3.24. The number of halogens is 2. The minimum Gasteiger partial charge on any atom is -0.343 e. The fourth-order valence-electron chi connectivity index (χ4n) is 2.64. The molecule has 0 spiro atoms. The van der Waals surface area contributed by atoms with E-state index >= 15 is 0 Å². The lowest BCUT2D eigenvalue weighted by molar-refractivity contribution is 0.619. The molecule has 0 atom stereocenters. The molecule has 3 aromatic rings. The van der Waals surface area contributed by atoms with E-state index in [1.54, 1.807) is 0 Å². The third kappa shape index (κ3) is 2.87. The maximum Gasteiger partial charge on any atom is 0.137 e. The summed E-state index contributed by atoms with van der Waals surface area (Å²) in [5.74, 6) is -0.230. The Balaban J connectivity index is 2.02. The van der Waals surface area contributed by atoms with Crippen molar-refractivity contribution in [3.05, 3.63) is 70.1 Å². The quantitative estimate of drug-likeness (QED) is 0.744. The molecule has 0 saturated heterocycles. The van der Waals surface area contributed by atoms with Crippen molar-refractivity contribution in [1.82, 2.24) is 9.88 Å². The van der Waals surface area contributed by atoms with Gasteiger partial charge in [-0.15, -0.1) is 0 Å². The van der Waals surface area contributed by atoms with Gasteiger partial charge in [0, 0.05) is 19.3 Å². The van der Waals surface area contributed by atoms with Crippen LogP contribution in [0.1, 0.15) is 11.1 Å². The van der Waals surface area contributed by atoms with E-state index in [9.17, 15) is 4.39 Å². The zero-order valence-electron chi connectivity index (χ0n) is 11.7. The SMILES string of the molecule is CNCc1cccc2ccn(Cc3ccc(F)c(Br)c3)c12. The third-order valence-corrected chi connectivity index (χ3v) is 4.18. The maximum absolute atomic E-state index is 13.3. The first-order chi connectivity index (χ1) is 10.2. The molecule has 0 amide bonds. The molecule has 0 saturated carbocycles. The average molecular weight is 347 g/mol. The van der Waals surface area contributed by atoms with E-state index < -0.39 is 0 Å². The Morgan fingerprint density at radius 2 is 2.05 bits per heavy atom. The number of fused-ring (bicyclic) bond motifs is 1. The zero-order chi connectivity index (χ0) is 14.8. The third-order valence-electron chi connectivity index (χ3n) is 3.58. The molecule has 108 valence electrons. The molecule has 0 radical (unpaired) electrons. The monoisotopic (exact) mass is 346 g/mol. The fourth-order valence-corrected chi connectivity index (χ4v) is 3.07. The van der Waals surface area contributed by atoms with Crippen molar-refractivity contribution in [3.8, 4) is 0 Å². The summed E-state index contributed by atoms with van der Waals surface area (Å²) in [6.45, 7) is 1.55. The van der Waals surface area contributed by atoms with Gasteiger partial charge in [-0.3, -0.25) is 0 Å². The normalized spacial score (nSPS) is 11.2. The number of para-hydroxylation sites is 1. The molecule has 0 unspecified atom stereocenters. The highest BCUT2D eigenvalue weighted by atomic mass is 79.9. The molecule has 21 heavy (non-hydrogen) atoms. The number of nitrogens with one attached hydrogen (secondary N) is 1. The van der Waals surface area contributed by atoms with Crippen LogP contribution < -0.4 is 5.32 Å². The number of rotatable bonds is 4. The molecular weight excluding hydrogens is 331 g/mol. The number of aromatic nitrogens is 1. The van der Waals surface area contributed by atoms with Gasteiger partial charge in [-0.2, -0.15) is 0 Å². The number of hydrogen-bond acceptors (Lipinski definition) is 1. The van der Waals surface area contributed by atoms with Crippen LogP contribution in [-0.2, 0) is 13.1 Å². The van der Waals surface area contributed by atoms with E-state index in [1.165, 1.54) is 22.5 Å². The van der Waals surface area contributed by atoms with Crippen LogP contribution in [0.2, 0.25) is 0 Å². The predicted octanol–water partition coefficient (Wildman–Crippen LogP) is 4.31. The second kappa shape index (κ2) is 6.00. The molecule has 0 aliphatic heterocycles. The van der Waals surface area contributed by atoms with Gasteiger partial charge in [-0.05, 0) is 57.7 Å². The van der Waals surface area contributed by atoms with Crippen molar-refractivity contribution >= 4 is 26.8 Å². The molecule has 1 aromatic heterocycles. The van der Waals surface area contributed by atoms with Crippen molar-refractivity contribution in [2.45, 2.75) is 13.1 Å². The van der Waals surface area contributed by atoms with Crippen LogP contribution in [-0.4, -0.2) is 11.6 Å². The molecule has 3 rings (SSSR count). The largest absolute Gasteiger partial charge is 0.343 e. The summed E-state index contributed by atoms with van der Waals surface area (Å²) < 4.78 is 16.0. The summed E-state index contributed by atoms with van der Waals surface area (Å²) in [6, 6.07) is 13.6. The molecule has 2 aromatic carbocycles. The van der Waals surface area contributed by atoms with Crippen LogP contribution in [0.15, 0.2) is 53.1 Å². The number of hydrogen-bond donors (Lipinski definition) is 1. The zero-order valence-corrected chi connectivity index (χ0v) is 13.3. The second-order valence-electron chi connectivity index (χ2n) is 5.08. The van der Waals surface area contributed by atoms with Crippen LogP contribution in [0, 0.1) is 5.82 Å². The Hall–Kier alpha value is -1.65. The van der Waals surface area contributed by atoms with Gasteiger partial charge in [0.15, 0.2) is 0 Å². The molecule has 0 aliphatic rings. The number of nitrogens with zero attached hydrogens (tertiary/aromatic N) is 1. The van der Waals surface area contributed by atoms with Crippen LogP contribution in [0.3, 0.4) is 0 Å². The van der Waals surface area contributed by atoms with Crippen LogP contribution in [0.5, 0.6) is 0 Å². The van der Waals surface area contributed by atoms with Crippen molar-refractivity contribution in [2.24, 2.45) is 0 Å². The number of benzene rings is 2. The standard InChI is InChI=1S/C17H16BrFN2/c1-20-10-14-4-2-3-13-7-8-21(17(13)14)11-12-5-6-16(19)15(18)9-12/h2-9,20H,10-11H2,1H3. The second-order valence-corrected chi connectivity index (χ2v) is 5.93. The molecule has 4 heteroatoms. The maximum atomic E-state index is 13.3. The van der Waals surface area contributed by atoms with Crippen molar-refractivity contribution < 1.29 is 4.39 Å². The minimum atomic E-state index is -0.230. The molecule has 1 N–H and O–H groups in total. The first kappa shape index (κ1) is 14.3. The summed E-state index contributed by atoms with van der Waals surface area (Å²) in [6.07, 6.45) is 2.08. The Kier molecular flexibility index (Phi) is 4.08. The van der Waals surface area contributed by atoms with Crippen LogP contribution in [0.4, 0.5) is 4.39 Å². The molecule has 0 fully saturated rings. The van der Waals surface area contributed by atoms with E-state index in [2.05, 4.69) is 56.3 Å². The van der Waals surface area contributed by atoms with Gasteiger partial charge >= 0.3 is 0 Å². The lowest BCUT2D eigenvalue weighted by Crippen LogP contribution is -2.08. The van der Waals surface area contributed by atoms with Gasteiger partial charge in [0.1, 0.15) is 5.82 Å². The van der Waals surface area contributed by atoms with Gasteiger partial charge in [0.05, 0.1) is 9.99 Å². The van der Waals surface area contributed by atoms with Crippen molar-refractivity contribution in [2.75, 3.05) is 7.05 Å². The summed E-state index contributed by atoms with van der Waals surface area (Å²) in [5.41, 5.74) is 3.56. The Morgan fingerprint density at radius 3 is 2.81 bits per heavy atom. The van der Waals surface area contributed by atoms with Crippen LogP contribution in [0.25, 0.3) is 10.9 Å². The van der Waals surface area contributed by atoms with E-state index in [1.807, 2.05) is 19.2 Å². The highest BCUT2D eigenvalue weighted by Gasteiger charge is 2.07. The Bertz CT molecular complexity index is 780. The molecule has 1 heterocycles. The minimum absolute atomic E-state index is 0.230. The fraction of sp³-hybridized carbons (Fsp3) is 0.176. The smallest absolute Gasteiger partial charge is 0.137 e. The average Bonchev–Trinajstić information content (AvgIpc) is 2.88. The highest BCUT2D eigenvalue weighted by Crippen LogP contribution is 2.23. The predicted molar refractivity (Wildman–Crippen MR) is 87.9 cm³/mol. The van der Waals surface area contributed by atoms with Gasteiger partial charge in [0.25, 0.3) is 0 Å². The van der Waals surface area contributed by atoms with Gasteiger partial charge in [-0.1, -0.05) is 24.3 Å². The lowest BCUT2D eigenvalue weighted by atomic mass is 10.1. The Morgan fingerprint density at radius 1 is 1.19 bits per heavy atom. The van der Waals surface area contributed by atoms with E-state index in [-0.39, 0.29) is 5.82 Å². The molecule has 2 nitrogen and oxygen atoms in total. The van der Waals surface area contributed by atoms with Crippen molar-refractivity contribution in [3.63, 3.8) is 0 Å². The van der Waals surface area contributed by atoms with E-state index in [4.69, 9.17) is 0 Å². The lowest BCUT2D eigenvalue weighted by Gasteiger charge is -2.10. The van der Waals surface area contributed by atoms with Gasteiger partial charge < -0.3 is 9.88 Å². The first-order valence-electron chi connectivity index (χ1n) is 6.84. The molecule has 0 bridgehead atoms. The molecule has 0 aliphatic carbocycles. The van der Waals surface area contributed by atoms with Crippen molar-refractivity contribution in [1.29, 1.82) is 0 Å². The van der Waals surface area contributed by atoms with Gasteiger partial charge in [0.2, 0.25) is 0 Å². The summed E-state index contributed by atoms with van der Waals surface area (Å²) in [7, 11) is 1.95. The topological polar surface area (TPSA) is 17.0 Å². The molecular formula is C17H16BrFN2. The van der Waals surface area contributed by atoms with Gasteiger partial charge in [-0.25, -0.2) is 4.39 Å². The Labute approximate surface area is 131 Å². The summed E-state index contributed by atoms with van der Waals surface area (Å²) in [4.78, 5) is 0. The van der Waals surface area contributed by atoms with E-state index in [0.717, 1.165) is 18.7 Å². The van der Waals surface area contributed by atoms with E-state index in [0.29, 0.717) is 4.47 Å². The van der Waals surface area contributed by atoms with Crippen LogP contribution >= 0.6 is 15.9 Å². The first-order valence-corrected chi connectivity index (χ1v) is 7.63. The summed E-state index contributed by atoms with van der Waals surface area (Å²) in [5, 5.41) is 4.43.